The molecule has 1 fully saturated rings. The monoisotopic (exact) mass is 349 g/mol. The van der Waals surface area contributed by atoms with E-state index in [0.29, 0.717) is 6.04 Å². The normalized spacial score (nSPS) is 17.6. The van der Waals surface area contributed by atoms with Gasteiger partial charge in [-0.05, 0) is 32.0 Å². The highest BCUT2D eigenvalue weighted by Gasteiger charge is 2.25. The molecule has 0 aliphatic carbocycles. The standard InChI is InChI=1S/C20H23N5O/c1-24(15-18-13-19(23-26-18)16-7-3-2-4-8-16)17-9-6-12-25(14-17)20-10-5-11-21-22-20/h2-5,7-8,10-11,13,17H,6,9,12,14-15H2,1H3/t17-/m1/s1. The first kappa shape index (κ1) is 16.7. The summed E-state index contributed by atoms with van der Waals surface area (Å²) >= 11 is 0. The van der Waals surface area contributed by atoms with Crippen molar-refractivity contribution in [3.8, 4) is 11.3 Å². The molecule has 0 radical (unpaired) electrons. The molecule has 3 aromatic rings. The zero-order chi connectivity index (χ0) is 17.8. The van der Waals surface area contributed by atoms with Crippen molar-refractivity contribution in [2.24, 2.45) is 0 Å². The summed E-state index contributed by atoms with van der Waals surface area (Å²) in [5, 5.41) is 12.5. The van der Waals surface area contributed by atoms with Gasteiger partial charge in [-0.15, -0.1) is 5.10 Å². The van der Waals surface area contributed by atoms with Crippen molar-refractivity contribution < 1.29 is 4.52 Å². The van der Waals surface area contributed by atoms with E-state index >= 15 is 0 Å². The molecule has 0 saturated carbocycles. The van der Waals surface area contributed by atoms with E-state index in [2.05, 4.69) is 32.2 Å². The third-order valence-corrected chi connectivity index (χ3v) is 4.94. The van der Waals surface area contributed by atoms with Crippen LogP contribution in [-0.2, 0) is 6.54 Å². The average Bonchev–Trinajstić information content (AvgIpc) is 3.18. The van der Waals surface area contributed by atoms with E-state index in [1.165, 1.54) is 6.42 Å². The molecular formula is C20H23N5O. The van der Waals surface area contributed by atoms with Gasteiger partial charge in [-0.3, -0.25) is 4.90 Å². The van der Waals surface area contributed by atoms with Gasteiger partial charge in [0.15, 0.2) is 11.6 Å². The Labute approximate surface area is 153 Å². The minimum absolute atomic E-state index is 0.455. The largest absolute Gasteiger partial charge is 0.359 e. The number of likely N-dealkylation sites (N-methyl/N-ethyl adjacent to an activating group) is 1. The summed E-state index contributed by atoms with van der Waals surface area (Å²) in [7, 11) is 2.15. The summed E-state index contributed by atoms with van der Waals surface area (Å²) < 4.78 is 5.56. The van der Waals surface area contributed by atoms with E-state index in [1.54, 1.807) is 6.20 Å². The molecule has 26 heavy (non-hydrogen) atoms. The van der Waals surface area contributed by atoms with Crippen LogP contribution in [0.2, 0.25) is 0 Å². The summed E-state index contributed by atoms with van der Waals surface area (Å²) in [5.74, 6) is 1.85. The number of aromatic nitrogens is 3. The molecule has 1 saturated heterocycles. The first-order valence-electron chi connectivity index (χ1n) is 9.03. The van der Waals surface area contributed by atoms with Gasteiger partial charge in [0.2, 0.25) is 0 Å². The maximum Gasteiger partial charge on any atom is 0.151 e. The lowest BCUT2D eigenvalue weighted by molar-refractivity contribution is 0.187. The quantitative estimate of drug-likeness (QED) is 0.705. The molecule has 134 valence electrons. The van der Waals surface area contributed by atoms with Crippen LogP contribution in [0.4, 0.5) is 5.82 Å². The highest BCUT2D eigenvalue weighted by Crippen LogP contribution is 2.23. The number of hydrogen-bond donors (Lipinski definition) is 0. The smallest absolute Gasteiger partial charge is 0.151 e. The van der Waals surface area contributed by atoms with E-state index in [9.17, 15) is 0 Å². The van der Waals surface area contributed by atoms with Gasteiger partial charge >= 0.3 is 0 Å². The van der Waals surface area contributed by atoms with Gasteiger partial charge < -0.3 is 9.42 Å². The third-order valence-electron chi connectivity index (χ3n) is 4.94. The molecule has 0 unspecified atom stereocenters. The summed E-state index contributed by atoms with van der Waals surface area (Å²) in [6.45, 7) is 2.73. The Kier molecular flexibility index (Phi) is 4.93. The van der Waals surface area contributed by atoms with Crippen LogP contribution in [-0.4, -0.2) is 46.4 Å². The molecule has 0 bridgehead atoms. The van der Waals surface area contributed by atoms with Gasteiger partial charge in [0.1, 0.15) is 5.69 Å². The maximum atomic E-state index is 5.56. The van der Waals surface area contributed by atoms with Gasteiger partial charge in [-0.1, -0.05) is 35.5 Å². The molecule has 1 aliphatic heterocycles. The fourth-order valence-corrected chi connectivity index (χ4v) is 3.49. The summed E-state index contributed by atoms with van der Waals surface area (Å²) in [5.41, 5.74) is 1.97. The van der Waals surface area contributed by atoms with E-state index in [1.807, 2.05) is 48.5 Å². The van der Waals surface area contributed by atoms with E-state index in [4.69, 9.17) is 4.52 Å². The molecule has 1 atom stereocenters. The van der Waals surface area contributed by atoms with Crippen LogP contribution in [0.25, 0.3) is 11.3 Å². The molecule has 1 aromatic carbocycles. The zero-order valence-corrected chi connectivity index (χ0v) is 15.0. The van der Waals surface area contributed by atoms with Crippen LogP contribution in [0.5, 0.6) is 0 Å². The molecule has 3 heterocycles. The number of rotatable bonds is 5. The topological polar surface area (TPSA) is 58.3 Å². The van der Waals surface area contributed by atoms with Gasteiger partial charge in [0.05, 0.1) is 6.54 Å². The van der Waals surface area contributed by atoms with Crippen molar-refractivity contribution in [2.45, 2.75) is 25.4 Å². The number of hydrogen-bond acceptors (Lipinski definition) is 6. The predicted molar refractivity (Wildman–Crippen MR) is 101 cm³/mol. The maximum absolute atomic E-state index is 5.56. The first-order valence-corrected chi connectivity index (χ1v) is 9.03. The number of anilines is 1. The molecular weight excluding hydrogens is 326 g/mol. The highest BCUT2D eigenvalue weighted by molar-refractivity contribution is 5.58. The molecule has 0 amide bonds. The fraction of sp³-hybridized carbons (Fsp3) is 0.350. The van der Waals surface area contributed by atoms with Gasteiger partial charge in [-0.2, -0.15) is 5.10 Å². The van der Waals surface area contributed by atoms with E-state index in [0.717, 1.165) is 48.9 Å². The van der Waals surface area contributed by atoms with Crippen molar-refractivity contribution in [1.82, 2.24) is 20.3 Å². The highest BCUT2D eigenvalue weighted by atomic mass is 16.5. The predicted octanol–water partition coefficient (Wildman–Crippen LogP) is 3.23. The molecule has 6 heteroatoms. The van der Waals surface area contributed by atoms with Crippen LogP contribution >= 0.6 is 0 Å². The van der Waals surface area contributed by atoms with Crippen molar-refractivity contribution in [3.05, 3.63) is 60.5 Å². The molecule has 2 aromatic heterocycles. The van der Waals surface area contributed by atoms with E-state index in [-0.39, 0.29) is 0 Å². The lowest BCUT2D eigenvalue weighted by Crippen LogP contribution is -2.46. The second-order valence-corrected chi connectivity index (χ2v) is 6.78. The number of benzene rings is 1. The minimum atomic E-state index is 0.455. The fourth-order valence-electron chi connectivity index (χ4n) is 3.49. The van der Waals surface area contributed by atoms with Crippen LogP contribution < -0.4 is 4.90 Å². The summed E-state index contributed by atoms with van der Waals surface area (Å²) in [6, 6.07) is 16.6. The lowest BCUT2D eigenvalue weighted by Gasteiger charge is -2.37. The second-order valence-electron chi connectivity index (χ2n) is 6.78. The van der Waals surface area contributed by atoms with Crippen molar-refractivity contribution >= 4 is 5.82 Å². The van der Waals surface area contributed by atoms with Gasteiger partial charge in [0, 0.05) is 37.0 Å². The van der Waals surface area contributed by atoms with Crippen molar-refractivity contribution in [3.63, 3.8) is 0 Å². The number of nitrogens with zero attached hydrogens (tertiary/aromatic N) is 5. The van der Waals surface area contributed by atoms with Crippen LogP contribution in [0.1, 0.15) is 18.6 Å². The molecule has 0 N–H and O–H groups in total. The lowest BCUT2D eigenvalue weighted by atomic mass is 10.0. The van der Waals surface area contributed by atoms with Gasteiger partial charge in [-0.25, -0.2) is 0 Å². The summed E-state index contributed by atoms with van der Waals surface area (Å²) in [4.78, 5) is 4.66. The SMILES string of the molecule is CN(Cc1cc(-c2ccccc2)no1)[C@@H]1CCCN(c2cccnn2)C1. The Bertz CT molecular complexity index is 820. The molecule has 1 aliphatic rings. The van der Waals surface area contributed by atoms with Crippen LogP contribution in [0.3, 0.4) is 0 Å². The van der Waals surface area contributed by atoms with E-state index < -0.39 is 0 Å². The molecule has 0 spiro atoms. The van der Waals surface area contributed by atoms with Crippen molar-refractivity contribution in [2.75, 3.05) is 25.0 Å². The minimum Gasteiger partial charge on any atom is -0.359 e. The molecule has 4 rings (SSSR count). The number of piperidine rings is 1. The zero-order valence-electron chi connectivity index (χ0n) is 15.0. The Morgan fingerprint density at radius 1 is 1.19 bits per heavy atom. The summed E-state index contributed by atoms with van der Waals surface area (Å²) in [6.07, 6.45) is 4.04. The first-order chi connectivity index (χ1) is 12.8. The Morgan fingerprint density at radius 3 is 2.88 bits per heavy atom. The van der Waals surface area contributed by atoms with Crippen LogP contribution in [0, 0.1) is 0 Å². The second kappa shape index (κ2) is 7.66. The van der Waals surface area contributed by atoms with Crippen LogP contribution in [0.15, 0.2) is 59.3 Å². The average molecular weight is 349 g/mol. The van der Waals surface area contributed by atoms with Crippen molar-refractivity contribution in [1.29, 1.82) is 0 Å². The Morgan fingerprint density at radius 2 is 2.08 bits per heavy atom. The Hall–Kier alpha value is -2.73. The molecule has 6 nitrogen and oxygen atoms in total. The van der Waals surface area contributed by atoms with Gasteiger partial charge in [0.25, 0.3) is 0 Å². The third kappa shape index (κ3) is 3.75. The Balaban J connectivity index is 1.40.